The largest absolute Gasteiger partial charge is 0.462 e. The van der Waals surface area contributed by atoms with Gasteiger partial charge in [0.05, 0.1) is 0 Å². The molecular weight excluding hydrogens is 1010 g/mol. The molecule has 6 heteroatoms. The highest BCUT2D eigenvalue weighted by molar-refractivity contribution is 5.71. The molecule has 0 fully saturated rings. The molecule has 0 aromatic rings. The van der Waals surface area contributed by atoms with Gasteiger partial charge >= 0.3 is 17.9 Å². The van der Waals surface area contributed by atoms with Crippen LogP contribution in [0, 0.1) is 0 Å². The van der Waals surface area contributed by atoms with Crippen molar-refractivity contribution in [1.82, 2.24) is 0 Å². The third kappa shape index (κ3) is 67.6. The van der Waals surface area contributed by atoms with E-state index in [9.17, 15) is 14.4 Å². The molecule has 0 saturated carbocycles. The van der Waals surface area contributed by atoms with E-state index in [4.69, 9.17) is 14.2 Å². The minimum atomic E-state index is -0.772. The summed E-state index contributed by atoms with van der Waals surface area (Å²) in [5.41, 5.74) is 0. The molecule has 82 heavy (non-hydrogen) atoms. The molecule has 0 aliphatic heterocycles. The number of hydrogen-bond acceptors (Lipinski definition) is 6. The molecule has 0 saturated heterocycles. The number of allylic oxidation sites excluding steroid dienone is 12. The fourth-order valence-corrected chi connectivity index (χ4v) is 10.6. The van der Waals surface area contributed by atoms with Crippen LogP contribution in [0.3, 0.4) is 0 Å². The number of esters is 3. The Bertz CT molecular complexity index is 1500. The van der Waals surface area contributed by atoms with Gasteiger partial charge in [-0.2, -0.15) is 0 Å². The van der Waals surface area contributed by atoms with Gasteiger partial charge in [0.25, 0.3) is 0 Å². The molecule has 0 N–H and O–H groups in total. The van der Waals surface area contributed by atoms with Crippen LogP contribution >= 0.6 is 0 Å². The molecule has 1 unspecified atom stereocenters. The number of rotatable bonds is 66. The Morgan fingerprint density at radius 3 is 0.756 bits per heavy atom. The highest BCUT2D eigenvalue weighted by atomic mass is 16.6. The second kappa shape index (κ2) is 70.3. The molecule has 476 valence electrons. The SMILES string of the molecule is CC/C=C\C/C=C\C/C=C\C/C=C\C/C=C\CCCCCCCCCCCCCCCCCCCCCC(=O)OCC(COC(=O)CCCCCCCCCCCC)OC(=O)CCCCCCCCCCC/C=C\CCCCCCCC. The van der Waals surface area contributed by atoms with Crippen LogP contribution in [0.2, 0.25) is 0 Å². The van der Waals surface area contributed by atoms with Gasteiger partial charge in [-0.05, 0) is 89.9 Å². The molecule has 0 aromatic heterocycles. The average molecular weight is 1150 g/mol. The molecule has 0 aromatic carbocycles. The molecule has 0 heterocycles. The average Bonchev–Trinajstić information content (AvgIpc) is 3.48. The van der Waals surface area contributed by atoms with E-state index < -0.39 is 6.10 Å². The third-order valence-corrected chi connectivity index (χ3v) is 15.9. The second-order valence-electron chi connectivity index (χ2n) is 24.1. The Morgan fingerprint density at radius 2 is 0.476 bits per heavy atom. The molecule has 0 spiro atoms. The molecule has 1 atom stereocenters. The fraction of sp³-hybridized carbons (Fsp3) is 0.803. The van der Waals surface area contributed by atoms with E-state index in [2.05, 4.69) is 93.7 Å². The lowest BCUT2D eigenvalue weighted by molar-refractivity contribution is -0.167. The summed E-state index contributed by atoms with van der Waals surface area (Å²) in [7, 11) is 0. The smallest absolute Gasteiger partial charge is 0.306 e. The lowest BCUT2D eigenvalue weighted by Gasteiger charge is -2.18. The van der Waals surface area contributed by atoms with E-state index in [-0.39, 0.29) is 31.1 Å². The van der Waals surface area contributed by atoms with Crippen LogP contribution in [0.25, 0.3) is 0 Å². The lowest BCUT2D eigenvalue weighted by atomic mass is 10.0. The van der Waals surface area contributed by atoms with Gasteiger partial charge in [-0.25, -0.2) is 0 Å². The summed E-state index contributed by atoms with van der Waals surface area (Å²) in [5, 5.41) is 0. The van der Waals surface area contributed by atoms with Crippen LogP contribution in [0.5, 0.6) is 0 Å². The Balaban J connectivity index is 4.07. The zero-order valence-corrected chi connectivity index (χ0v) is 54.8. The number of hydrogen-bond donors (Lipinski definition) is 0. The van der Waals surface area contributed by atoms with Crippen LogP contribution in [-0.2, 0) is 28.6 Å². The van der Waals surface area contributed by atoms with E-state index in [0.717, 1.165) is 89.9 Å². The Morgan fingerprint density at radius 1 is 0.256 bits per heavy atom. The normalized spacial score (nSPS) is 12.5. The molecule has 6 nitrogen and oxygen atoms in total. The first-order valence-corrected chi connectivity index (χ1v) is 35.9. The predicted molar refractivity (Wildman–Crippen MR) is 358 cm³/mol. The predicted octanol–water partition coefficient (Wildman–Crippen LogP) is 24.8. The van der Waals surface area contributed by atoms with Gasteiger partial charge in [0.2, 0.25) is 0 Å². The maximum atomic E-state index is 12.9. The first-order valence-electron chi connectivity index (χ1n) is 35.9. The zero-order chi connectivity index (χ0) is 59.2. The summed E-state index contributed by atoms with van der Waals surface area (Å²) in [6, 6.07) is 0. The van der Waals surface area contributed by atoms with Gasteiger partial charge in [-0.15, -0.1) is 0 Å². The van der Waals surface area contributed by atoms with Crippen molar-refractivity contribution in [3.8, 4) is 0 Å². The standard InChI is InChI=1S/C76H136O6/c1-4-7-10-13-16-19-22-24-26-28-30-31-32-33-34-35-36-37-38-39-40-41-42-43-44-45-47-48-50-52-54-57-60-63-66-69-75(78)81-72-73(71-80-74(77)68-65-62-59-56-21-18-15-12-9-6-3)82-76(79)70-67-64-61-58-55-53-51-49-46-29-27-25-23-20-17-14-11-8-5-2/h7,10,16,19,24-27,30-31,33-34,73H,4-6,8-9,11-15,17-18,20-23,28-29,32,35-72H2,1-3H3/b10-7-,19-16-,26-24-,27-25-,31-30-,34-33-. The van der Waals surface area contributed by atoms with Crippen molar-refractivity contribution in [2.45, 2.75) is 380 Å². The third-order valence-electron chi connectivity index (χ3n) is 15.9. The van der Waals surface area contributed by atoms with Gasteiger partial charge in [-0.1, -0.05) is 338 Å². The van der Waals surface area contributed by atoms with E-state index in [1.807, 2.05) is 0 Å². The number of carbonyl (C=O) groups excluding carboxylic acids is 3. The van der Waals surface area contributed by atoms with E-state index >= 15 is 0 Å². The molecular formula is C76H136O6. The summed E-state index contributed by atoms with van der Waals surface area (Å²) in [4.78, 5) is 38.3. The van der Waals surface area contributed by atoms with Crippen LogP contribution in [0.15, 0.2) is 72.9 Å². The molecule has 0 amide bonds. The number of unbranched alkanes of at least 4 members (excludes halogenated alkanes) is 43. The van der Waals surface area contributed by atoms with Crippen molar-refractivity contribution in [3.05, 3.63) is 72.9 Å². The summed E-state index contributed by atoms with van der Waals surface area (Å²) >= 11 is 0. The van der Waals surface area contributed by atoms with Gasteiger partial charge in [0.1, 0.15) is 13.2 Å². The maximum absolute atomic E-state index is 12.9. The highest BCUT2D eigenvalue weighted by Crippen LogP contribution is 2.18. The van der Waals surface area contributed by atoms with Crippen LogP contribution in [0.1, 0.15) is 374 Å². The monoisotopic (exact) mass is 1150 g/mol. The Labute approximate surface area is 510 Å². The van der Waals surface area contributed by atoms with Crippen molar-refractivity contribution in [1.29, 1.82) is 0 Å². The fourth-order valence-electron chi connectivity index (χ4n) is 10.6. The summed E-state index contributed by atoms with van der Waals surface area (Å²) in [5.74, 6) is -0.850. The van der Waals surface area contributed by atoms with Gasteiger partial charge in [0, 0.05) is 19.3 Å². The second-order valence-corrected chi connectivity index (χ2v) is 24.1. The highest BCUT2D eigenvalue weighted by Gasteiger charge is 2.19. The number of ether oxygens (including phenoxy) is 3. The molecule has 0 bridgehead atoms. The Hall–Kier alpha value is -3.15. The van der Waals surface area contributed by atoms with Crippen molar-refractivity contribution in [2.24, 2.45) is 0 Å². The molecule has 0 aliphatic carbocycles. The van der Waals surface area contributed by atoms with Crippen LogP contribution < -0.4 is 0 Å². The molecule has 0 rings (SSSR count). The van der Waals surface area contributed by atoms with E-state index in [0.29, 0.717) is 19.3 Å². The Kier molecular flexibility index (Phi) is 67.6. The van der Waals surface area contributed by atoms with Gasteiger partial charge in [-0.3, -0.25) is 14.4 Å². The summed E-state index contributed by atoms with van der Waals surface area (Å²) in [6.45, 7) is 6.56. The van der Waals surface area contributed by atoms with Crippen molar-refractivity contribution < 1.29 is 28.6 Å². The van der Waals surface area contributed by atoms with Crippen molar-refractivity contribution >= 4 is 17.9 Å². The van der Waals surface area contributed by atoms with E-state index in [1.54, 1.807) is 0 Å². The van der Waals surface area contributed by atoms with Crippen molar-refractivity contribution in [2.75, 3.05) is 13.2 Å². The first-order chi connectivity index (χ1) is 40.5. The van der Waals surface area contributed by atoms with Crippen LogP contribution in [0.4, 0.5) is 0 Å². The minimum Gasteiger partial charge on any atom is -0.462 e. The molecule has 0 radical (unpaired) electrons. The van der Waals surface area contributed by atoms with E-state index in [1.165, 1.54) is 244 Å². The van der Waals surface area contributed by atoms with Crippen molar-refractivity contribution in [3.63, 3.8) is 0 Å². The first kappa shape index (κ1) is 78.8. The lowest BCUT2D eigenvalue weighted by Crippen LogP contribution is -2.30. The van der Waals surface area contributed by atoms with Gasteiger partial charge < -0.3 is 14.2 Å². The minimum absolute atomic E-state index is 0.0694. The van der Waals surface area contributed by atoms with Gasteiger partial charge in [0.15, 0.2) is 6.10 Å². The number of carbonyl (C=O) groups is 3. The quantitative estimate of drug-likeness (QED) is 0.0261. The summed E-state index contributed by atoms with van der Waals surface area (Å²) < 4.78 is 16.9. The van der Waals surface area contributed by atoms with Crippen LogP contribution in [-0.4, -0.2) is 37.2 Å². The summed E-state index contributed by atoms with van der Waals surface area (Å²) in [6.07, 6.45) is 92.4. The zero-order valence-electron chi connectivity index (χ0n) is 54.8. The topological polar surface area (TPSA) is 78.9 Å². The molecule has 0 aliphatic rings. The maximum Gasteiger partial charge on any atom is 0.306 e.